The van der Waals surface area contributed by atoms with Crippen molar-refractivity contribution in [1.29, 1.82) is 0 Å². The number of nitrogens with one attached hydrogen (secondary N) is 1. The average Bonchev–Trinajstić information content (AvgIpc) is 2.74. The largest absolute Gasteiger partial charge is 0.416 e. The van der Waals surface area contributed by atoms with Crippen molar-refractivity contribution in [3.63, 3.8) is 0 Å². The second-order valence-electron chi connectivity index (χ2n) is 8.29. The number of halogens is 5. The molecule has 0 radical (unpaired) electrons. The summed E-state index contributed by atoms with van der Waals surface area (Å²) in [7, 11) is -3.83. The van der Waals surface area contributed by atoms with Crippen molar-refractivity contribution in [2.24, 2.45) is 5.92 Å². The average molecular weight is 529 g/mol. The van der Waals surface area contributed by atoms with Gasteiger partial charge in [0.15, 0.2) is 0 Å². The lowest BCUT2D eigenvalue weighted by Crippen LogP contribution is -2.51. The molecule has 1 aliphatic heterocycles. The zero-order chi connectivity index (χ0) is 24.5. The van der Waals surface area contributed by atoms with Crippen LogP contribution in [0.15, 0.2) is 72.8 Å². The highest BCUT2D eigenvalue weighted by Crippen LogP contribution is 2.36. The van der Waals surface area contributed by atoms with Gasteiger partial charge in [0.1, 0.15) is 0 Å². The fraction of sp³-hybridized carbons (Fsp3) is 0.250. The number of hydrogen-bond acceptors (Lipinski definition) is 3. The van der Waals surface area contributed by atoms with Crippen LogP contribution in [0.25, 0.3) is 0 Å². The predicted octanol–water partition coefficient (Wildman–Crippen LogP) is 6.48. The minimum Gasteiger partial charge on any atom is -0.292 e. The number of rotatable bonds is 7. The molecule has 1 N–H and O–H groups in total. The molecule has 1 fully saturated rings. The van der Waals surface area contributed by atoms with E-state index in [9.17, 15) is 21.6 Å². The van der Waals surface area contributed by atoms with Crippen LogP contribution in [0.1, 0.15) is 22.7 Å². The Morgan fingerprint density at radius 2 is 1.44 bits per heavy atom. The standard InChI is InChI=1S/C24H21Cl2F3N2O2S/c25-20-8-4-17(5-9-20)23(18-6-10-21(26)11-7-18)31-13-16(14-31)15-34(32,33)30-22-3-1-2-19(12-22)24(27,28)29/h1-12,16,23,30H,13-15H2. The summed E-state index contributed by atoms with van der Waals surface area (Å²) in [6.45, 7) is 1.03. The van der Waals surface area contributed by atoms with Crippen LogP contribution >= 0.6 is 23.2 Å². The molecule has 34 heavy (non-hydrogen) atoms. The normalized spacial score (nSPS) is 15.4. The summed E-state index contributed by atoms with van der Waals surface area (Å²) in [5, 5.41) is 1.23. The lowest BCUT2D eigenvalue weighted by Gasteiger charge is -2.44. The van der Waals surface area contributed by atoms with Crippen LogP contribution in [0.4, 0.5) is 18.9 Å². The number of alkyl halides is 3. The molecular formula is C24H21Cl2F3N2O2S. The zero-order valence-corrected chi connectivity index (χ0v) is 20.1. The van der Waals surface area contributed by atoms with E-state index in [1.165, 1.54) is 12.1 Å². The molecule has 3 aromatic rings. The van der Waals surface area contributed by atoms with Gasteiger partial charge in [0, 0.05) is 34.7 Å². The maximum atomic E-state index is 12.9. The molecule has 0 unspecified atom stereocenters. The van der Waals surface area contributed by atoms with E-state index in [1.54, 1.807) is 24.3 Å². The summed E-state index contributed by atoms with van der Waals surface area (Å²) in [6, 6.07) is 19.0. The number of anilines is 1. The second kappa shape index (κ2) is 9.77. The van der Waals surface area contributed by atoms with Gasteiger partial charge in [-0.3, -0.25) is 9.62 Å². The van der Waals surface area contributed by atoms with Crippen LogP contribution in [0.2, 0.25) is 10.0 Å². The summed E-state index contributed by atoms with van der Waals surface area (Å²) in [5.74, 6) is -0.348. The van der Waals surface area contributed by atoms with Crippen molar-refractivity contribution in [2.45, 2.75) is 12.2 Å². The van der Waals surface area contributed by atoms with Gasteiger partial charge in [-0.2, -0.15) is 13.2 Å². The van der Waals surface area contributed by atoms with Crippen molar-refractivity contribution < 1.29 is 21.6 Å². The first-order valence-corrected chi connectivity index (χ1v) is 12.8. The van der Waals surface area contributed by atoms with Crippen LogP contribution < -0.4 is 4.72 Å². The molecule has 4 rings (SSSR count). The van der Waals surface area contributed by atoms with Crippen LogP contribution in [0.5, 0.6) is 0 Å². The molecule has 1 saturated heterocycles. The van der Waals surface area contributed by atoms with Crippen LogP contribution in [-0.2, 0) is 16.2 Å². The quantitative estimate of drug-likeness (QED) is 0.382. The highest BCUT2D eigenvalue weighted by atomic mass is 35.5. The Hall–Kier alpha value is -2.26. The van der Waals surface area contributed by atoms with Crippen molar-refractivity contribution in [3.05, 3.63) is 99.5 Å². The van der Waals surface area contributed by atoms with E-state index in [0.29, 0.717) is 23.1 Å². The molecule has 0 aromatic heterocycles. The predicted molar refractivity (Wildman–Crippen MR) is 129 cm³/mol. The Labute approximate surface area is 206 Å². The molecule has 0 atom stereocenters. The fourth-order valence-corrected chi connectivity index (χ4v) is 5.77. The number of sulfonamides is 1. The molecular weight excluding hydrogens is 508 g/mol. The third-order valence-corrected chi connectivity index (χ3v) is 7.60. The number of hydrogen-bond donors (Lipinski definition) is 1. The Bertz CT molecular complexity index is 1200. The van der Waals surface area contributed by atoms with Crippen LogP contribution in [0, 0.1) is 5.92 Å². The molecule has 0 bridgehead atoms. The fourth-order valence-electron chi connectivity index (χ4n) is 4.12. The maximum absolute atomic E-state index is 12.9. The van der Waals surface area contributed by atoms with Crippen molar-refractivity contribution >= 4 is 38.9 Å². The van der Waals surface area contributed by atoms with E-state index >= 15 is 0 Å². The topological polar surface area (TPSA) is 49.4 Å². The van der Waals surface area contributed by atoms with Gasteiger partial charge in [-0.15, -0.1) is 0 Å². The van der Waals surface area contributed by atoms with Gasteiger partial charge in [0.05, 0.1) is 17.4 Å². The molecule has 0 saturated carbocycles. The van der Waals surface area contributed by atoms with E-state index in [1.807, 2.05) is 24.3 Å². The van der Waals surface area contributed by atoms with Gasteiger partial charge in [0.25, 0.3) is 0 Å². The van der Waals surface area contributed by atoms with Gasteiger partial charge in [-0.05, 0) is 53.6 Å². The summed E-state index contributed by atoms with van der Waals surface area (Å²) in [6.07, 6.45) is -4.55. The molecule has 10 heteroatoms. The Morgan fingerprint density at radius 1 is 0.912 bits per heavy atom. The van der Waals surface area contributed by atoms with Gasteiger partial charge in [-0.25, -0.2) is 8.42 Å². The molecule has 3 aromatic carbocycles. The summed E-state index contributed by atoms with van der Waals surface area (Å²) >= 11 is 12.1. The molecule has 1 heterocycles. The molecule has 0 aliphatic carbocycles. The van der Waals surface area contributed by atoms with Gasteiger partial charge in [0.2, 0.25) is 10.0 Å². The lowest BCUT2D eigenvalue weighted by atomic mass is 9.91. The molecule has 0 spiro atoms. The Morgan fingerprint density at radius 3 is 1.94 bits per heavy atom. The monoisotopic (exact) mass is 528 g/mol. The number of benzene rings is 3. The second-order valence-corrected chi connectivity index (χ2v) is 10.9. The summed E-state index contributed by atoms with van der Waals surface area (Å²) in [4.78, 5) is 2.15. The van der Waals surface area contributed by atoms with Gasteiger partial charge < -0.3 is 0 Å². The minimum absolute atomic E-state index is 0.105. The first-order chi connectivity index (χ1) is 16.0. The molecule has 1 aliphatic rings. The first kappa shape index (κ1) is 24.9. The number of likely N-dealkylation sites (tertiary alicyclic amines) is 1. The van der Waals surface area contributed by atoms with E-state index in [-0.39, 0.29) is 23.4 Å². The minimum atomic E-state index is -4.55. The maximum Gasteiger partial charge on any atom is 0.416 e. The zero-order valence-electron chi connectivity index (χ0n) is 17.8. The van der Waals surface area contributed by atoms with Gasteiger partial charge >= 0.3 is 6.18 Å². The van der Waals surface area contributed by atoms with Crippen LogP contribution in [-0.4, -0.2) is 32.2 Å². The molecule has 180 valence electrons. The molecule has 4 nitrogen and oxygen atoms in total. The highest BCUT2D eigenvalue weighted by Gasteiger charge is 2.37. The third kappa shape index (κ3) is 6.05. The molecule has 0 amide bonds. The first-order valence-electron chi connectivity index (χ1n) is 10.4. The van der Waals surface area contributed by atoms with Gasteiger partial charge in [-0.1, -0.05) is 53.5 Å². The Kier molecular flexibility index (Phi) is 7.14. The smallest absolute Gasteiger partial charge is 0.292 e. The van der Waals surface area contributed by atoms with Crippen molar-refractivity contribution in [1.82, 2.24) is 4.90 Å². The highest BCUT2D eigenvalue weighted by molar-refractivity contribution is 7.92. The summed E-state index contributed by atoms with van der Waals surface area (Å²) < 4.78 is 66.3. The van der Waals surface area contributed by atoms with E-state index in [4.69, 9.17) is 23.2 Å². The third-order valence-electron chi connectivity index (χ3n) is 5.64. The summed E-state index contributed by atoms with van der Waals surface area (Å²) in [5.41, 5.74) is 1.01. The lowest BCUT2D eigenvalue weighted by molar-refractivity contribution is -0.137. The van der Waals surface area contributed by atoms with E-state index in [2.05, 4.69) is 9.62 Å². The number of nitrogens with zero attached hydrogens (tertiary/aromatic N) is 1. The van der Waals surface area contributed by atoms with Crippen LogP contribution in [0.3, 0.4) is 0 Å². The van der Waals surface area contributed by atoms with Crippen molar-refractivity contribution in [2.75, 3.05) is 23.6 Å². The Balaban J connectivity index is 1.45. The van der Waals surface area contributed by atoms with E-state index < -0.39 is 21.8 Å². The van der Waals surface area contributed by atoms with Crippen molar-refractivity contribution in [3.8, 4) is 0 Å². The SMILES string of the molecule is O=S(=O)(CC1CN(C(c2ccc(Cl)cc2)c2ccc(Cl)cc2)C1)Nc1cccc(C(F)(F)F)c1. The van der Waals surface area contributed by atoms with E-state index in [0.717, 1.165) is 23.3 Å².